The Kier molecular flexibility index (Phi) is 4.94. The van der Waals surface area contributed by atoms with E-state index in [1.165, 1.54) is 7.11 Å². The van der Waals surface area contributed by atoms with Crippen molar-refractivity contribution in [2.24, 2.45) is 4.99 Å². The molecule has 0 fully saturated rings. The Morgan fingerprint density at radius 3 is 2.71 bits per heavy atom. The quantitative estimate of drug-likeness (QED) is 0.506. The van der Waals surface area contributed by atoms with Crippen LogP contribution in [0.3, 0.4) is 0 Å². The number of carbonyl (C=O) groups is 1. The van der Waals surface area contributed by atoms with Crippen LogP contribution in [0, 0.1) is 0 Å². The van der Waals surface area contributed by atoms with E-state index in [-0.39, 0.29) is 11.6 Å². The van der Waals surface area contributed by atoms with Crippen LogP contribution >= 0.6 is 39.1 Å². The van der Waals surface area contributed by atoms with E-state index in [9.17, 15) is 4.79 Å². The Labute approximate surface area is 156 Å². The summed E-state index contributed by atoms with van der Waals surface area (Å²) in [6.45, 7) is 0. The van der Waals surface area contributed by atoms with Crippen molar-refractivity contribution < 1.29 is 14.3 Å². The van der Waals surface area contributed by atoms with E-state index in [0.717, 1.165) is 4.47 Å². The van der Waals surface area contributed by atoms with Crippen molar-refractivity contribution in [2.75, 3.05) is 7.11 Å². The predicted molar refractivity (Wildman–Crippen MR) is 97.8 cm³/mol. The molecule has 0 saturated carbocycles. The number of benzene rings is 2. The minimum absolute atomic E-state index is 0.149. The number of carbonyl (C=O) groups excluding carboxylic acids is 1. The summed E-state index contributed by atoms with van der Waals surface area (Å²) in [5, 5.41) is 0.936. The Bertz CT molecular complexity index is 893. The molecule has 4 nitrogen and oxygen atoms in total. The highest BCUT2D eigenvalue weighted by atomic mass is 79.9. The first-order chi connectivity index (χ1) is 11.5. The summed E-state index contributed by atoms with van der Waals surface area (Å²) < 4.78 is 11.4. The van der Waals surface area contributed by atoms with Crippen molar-refractivity contribution in [3.63, 3.8) is 0 Å². The predicted octanol–water partition coefficient (Wildman–Crippen LogP) is 5.11. The number of halogens is 3. The number of cyclic esters (lactones) is 1. The number of hydrogen-bond donors (Lipinski definition) is 0. The van der Waals surface area contributed by atoms with Crippen molar-refractivity contribution in [2.45, 2.75) is 0 Å². The first kappa shape index (κ1) is 17.0. The Balaban J connectivity index is 2.02. The van der Waals surface area contributed by atoms with Crippen LogP contribution in [0.25, 0.3) is 6.08 Å². The molecule has 0 N–H and O–H groups in total. The molecule has 3 rings (SSSR count). The van der Waals surface area contributed by atoms with Crippen LogP contribution in [0.5, 0.6) is 5.75 Å². The van der Waals surface area contributed by atoms with E-state index in [1.54, 1.807) is 36.4 Å². The molecule has 0 aromatic heterocycles. The van der Waals surface area contributed by atoms with Crippen molar-refractivity contribution >= 4 is 57.1 Å². The number of ether oxygens (including phenoxy) is 2. The van der Waals surface area contributed by atoms with Gasteiger partial charge in [-0.05, 0) is 42.0 Å². The molecule has 0 radical (unpaired) electrons. The van der Waals surface area contributed by atoms with Gasteiger partial charge in [0.05, 0.1) is 12.7 Å². The van der Waals surface area contributed by atoms with Crippen LogP contribution in [0.2, 0.25) is 10.0 Å². The molecule has 1 aliphatic heterocycles. The normalized spacial score (nSPS) is 15.4. The zero-order chi connectivity index (χ0) is 17.3. The number of hydrogen-bond acceptors (Lipinski definition) is 4. The van der Waals surface area contributed by atoms with Gasteiger partial charge in [0, 0.05) is 14.5 Å². The smallest absolute Gasteiger partial charge is 0.363 e. The van der Waals surface area contributed by atoms with Gasteiger partial charge in [-0.3, -0.25) is 0 Å². The maximum atomic E-state index is 12.1. The lowest BCUT2D eigenvalue weighted by atomic mass is 10.2. The van der Waals surface area contributed by atoms with Crippen LogP contribution in [0.4, 0.5) is 0 Å². The molecule has 0 unspecified atom stereocenters. The fourth-order valence-corrected chi connectivity index (χ4v) is 2.96. The highest BCUT2D eigenvalue weighted by Crippen LogP contribution is 2.29. The summed E-state index contributed by atoms with van der Waals surface area (Å²) in [5.41, 5.74) is 1.35. The number of aliphatic imine (C=N–C) groups is 1. The van der Waals surface area contributed by atoms with E-state index in [2.05, 4.69) is 20.9 Å². The summed E-state index contributed by atoms with van der Waals surface area (Å²) in [6, 6.07) is 10.3. The summed E-state index contributed by atoms with van der Waals surface area (Å²) in [4.78, 5) is 16.4. The molecule has 2 aromatic carbocycles. The van der Waals surface area contributed by atoms with Gasteiger partial charge in [0.2, 0.25) is 5.90 Å². The van der Waals surface area contributed by atoms with E-state index in [4.69, 9.17) is 32.7 Å². The van der Waals surface area contributed by atoms with Gasteiger partial charge in [-0.15, -0.1) is 0 Å². The van der Waals surface area contributed by atoms with Crippen molar-refractivity contribution in [3.05, 3.63) is 67.7 Å². The van der Waals surface area contributed by atoms with Gasteiger partial charge < -0.3 is 9.47 Å². The summed E-state index contributed by atoms with van der Waals surface area (Å²) >= 11 is 15.4. The Morgan fingerprint density at radius 2 is 2.00 bits per heavy atom. The first-order valence-corrected chi connectivity index (χ1v) is 8.34. The maximum absolute atomic E-state index is 12.1. The standard InChI is InChI=1S/C17H10BrCl2NO3/c1-23-15-5-3-10(18)7-12(15)16-21-14(17(22)24-16)6-9-2-4-11(19)8-13(9)20/h2-8H,1H3/b14-6-. The molecule has 122 valence electrons. The highest BCUT2D eigenvalue weighted by molar-refractivity contribution is 9.10. The van der Waals surface area contributed by atoms with Crippen LogP contribution in [0.15, 0.2) is 51.6 Å². The lowest BCUT2D eigenvalue weighted by Gasteiger charge is -2.07. The molecule has 0 atom stereocenters. The number of esters is 1. The molecule has 0 saturated heterocycles. The second-order valence-electron chi connectivity index (χ2n) is 4.85. The lowest BCUT2D eigenvalue weighted by molar-refractivity contribution is -0.129. The van der Waals surface area contributed by atoms with E-state index >= 15 is 0 Å². The van der Waals surface area contributed by atoms with Crippen LogP contribution in [0.1, 0.15) is 11.1 Å². The maximum Gasteiger partial charge on any atom is 0.363 e. The Morgan fingerprint density at radius 1 is 1.21 bits per heavy atom. The van der Waals surface area contributed by atoms with Gasteiger partial charge >= 0.3 is 5.97 Å². The fraction of sp³-hybridized carbons (Fsp3) is 0.0588. The van der Waals surface area contributed by atoms with Crippen molar-refractivity contribution in [1.29, 1.82) is 0 Å². The van der Waals surface area contributed by atoms with Crippen molar-refractivity contribution in [3.8, 4) is 5.75 Å². The van der Waals surface area contributed by atoms with E-state index in [1.807, 2.05) is 6.07 Å². The van der Waals surface area contributed by atoms with E-state index in [0.29, 0.717) is 26.9 Å². The van der Waals surface area contributed by atoms with Gasteiger partial charge in [-0.25, -0.2) is 9.79 Å². The molecular weight excluding hydrogens is 417 g/mol. The van der Waals surface area contributed by atoms with Crippen molar-refractivity contribution in [1.82, 2.24) is 0 Å². The third-order valence-corrected chi connectivity index (χ3v) is 4.32. The molecule has 2 aromatic rings. The number of methoxy groups -OCH3 is 1. The van der Waals surface area contributed by atoms with Gasteiger partial charge in [0.25, 0.3) is 0 Å². The van der Waals surface area contributed by atoms with Crippen LogP contribution < -0.4 is 4.74 Å². The molecule has 1 heterocycles. The molecule has 0 spiro atoms. The second-order valence-corrected chi connectivity index (χ2v) is 6.61. The van der Waals surface area contributed by atoms with Gasteiger partial charge in [0.1, 0.15) is 5.75 Å². The summed E-state index contributed by atoms with van der Waals surface area (Å²) in [5.74, 6) is 0.169. The number of rotatable bonds is 3. The second kappa shape index (κ2) is 6.97. The fourth-order valence-electron chi connectivity index (χ4n) is 2.14. The average Bonchev–Trinajstić information content (AvgIpc) is 2.91. The SMILES string of the molecule is COc1ccc(Br)cc1C1=N/C(=C\c2ccc(Cl)cc2Cl)C(=O)O1. The topological polar surface area (TPSA) is 47.9 Å². The zero-order valence-corrected chi connectivity index (χ0v) is 15.4. The first-order valence-electron chi connectivity index (χ1n) is 6.79. The molecule has 24 heavy (non-hydrogen) atoms. The van der Waals surface area contributed by atoms with Crippen LogP contribution in [-0.2, 0) is 9.53 Å². The molecule has 0 bridgehead atoms. The monoisotopic (exact) mass is 425 g/mol. The summed E-state index contributed by atoms with van der Waals surface area (Å²) in [6.07, 6.45) is 1.55. The third kappa shape index (κ3) is 3.48. The third-order valence-electron chi connectivity index (χ3n) is 3.27. The van der Waals surface area contributed by atoms with Crippen LogP contribution in [-0.4, -0.2) is 19.0 Å². The van der Waals surface area contributed by atoms with Gasteiger partial charge in [0.15, 0.2) is 5.70 Å². The minimum Gasteiger partial charge on any atom is -0.496 e. The summed E-state index contributed by atoms with van der Waals surface area (Å²) in [7, 11) is 1.54. The molecule has 7 heteroatoms. The molecule has 0 amide bonds. The highest BCUT2D eigenvalue weighted by Gasteiger charge is 2.26. The Hall–Kier alpha value is -1.82. The average molecular weight is 427 g/mol. The molecule has 1 aliphatic rings. The van der Waals surface area contributed by atoms with Gasteiger partial charge in [-0.2, -0.15) is 0 Å². The number of nitrogens with zero attached hydrogens (tertiary/aromatic N) is 1. The lowest BCUT2D eigenvalue weighted by Crippen LogP contribution is -2.07. The molecule has 0 aliphatic carbocycles. The van der Waals surface area contributed by atoms with E-state index < -0.39 is 5.97 Å². The van der Waals surface area contributed by atoms with Gasteiger partial charge in [-0.1, -0.05) is 45.2 Å². The zero-order valence-electron chi connectivity index (χ0n) is 12.3. The largest absolute Gasteiger partial charge is 0.496 e. The minimum atomic E-state index is -0.557. The molecular formula is C17H10BrCl2NO3.